The number of ether oxygens (including phenoxy) is 1. The molecule has 1 unspecified atom stereocenters. The summed E-state index contributed by atoms with van der Waals surface area (Å²) in [5.74, 6) is 0. The minimum Gasteiger partial charge on any atom is -0.380 e. The SMILES string of the molecule is CCCOCC(CCC)NCC. The van der Waals surface area contributed by atoms with Gasteiger partial charge in [-0.25, -0.2) is 0 Å². The largest absolute Gasteiger partial charge is 0.380 e. The monoisotopic (exact) mass is 173 g/mol. The van der Waals surface area contributed by atoms with E-state index >= 15 is 0 Å². The fraction of sp³-hybridized carbons (Fsp3) is 1.00. The summed E-state index contributed by atoms with van der Waals surface area (Å²) in [5.41, 5.74) is 0. The lowest BCUT2D eigenvalue weighted by Gasteiger charge is -2.16. The van der Waals surface area contributed by atoms with Crippen molar-refractivity contribution in [1.82, 2.24) is 5.32 Å². The van der Waals surface area contributed by atoms with Crippen LogP contribution >= 0.6 is 0 Å². The Morgan fingerprint density at radius 2 is 1.92 bits per heavy atom. The van der Waals surface area contributed by atoms with Gasteiger partial charge >= 0.3 is 0 Å². The molecular formula is C10H23NO. The first-order valence-electron chi connectivity index (χ1n) is 5.16. The van der Waals surface area contributed by atoms with Crippen molar-refractivity contribution in [2.45, 2.75) is 46.1 Å². The summed E-state index contributed by atoms with van der Waals surface area (Å²) in [6.07, 6.45) is 3.57. The summed E-state index contributed by atoms with van der Waals surface area (Å²) in [5, 5.41) is 3.42. The van der Waals surface area contributed by atoms with Crippen molar-refractivity contribution < 1.29 is 4.74 Å². The smallest absolute Gasteiger partial charge is 0.0619 e. The molecular weight excluding hydrogens is 150 g/mol. The van der Waals surface area contributed by atoms with Gasteiger partial charge in [0.25, 0.3) is 0 Å². The molecule has 1 N–H and O–H groups in total. The van der Waals surface area contributed by atoms with Crippen LogP contribution in [0.25, 0.3) is 0 Å². The van der Waals surface area contributed by atoms with Crippen molar-refractivity contribution in [3.8, 4) is 0 Å². The van der Waals surface area contributed by atoms with E-state index in [4.69, 9.17) is 4.74 Å². The first-order chi connectivity index (χ1) is 5.85. The highest BCUT2D eigenvalue weighted by molar-refractivity contribution is 4.63. The van der Waals surface area contributed by atoms with Crippen LogP contribution in [0.3, 0.4) is 0 Å². The topological polar surface area (TPSA) is 21.3 Å². The van der Waals surface area contributed by atoms with Crippen LogP contribution in [0, 0.1) is 0 Å². The summed E-state index contributed by atoms with van der Waals surface area (Å²) in [4.78, 5) is 0. The number of hydrogen-bond acceptors (Lipinski definition) is 2. The maximum atomic E-state index is 5.49. The predicted octanol–water partition coefficient (Wildman–Crippen LogP) is 2.19. The van der Waals surface area contributed by atoms with E-state index in [-0.39, 0.29) is 0 Å². The molecule has 0 aliphatic rings. The lowest BCUT2D eigenvalue weighted by Crippen LogP contribution is -2.33. The molecule has 0 radical (unpaired) electrons. The summed E-state index contributed by atoms with van der Waals surface area (Å²) < 4.78 is 5.49. The van der Waals surface area contributed by atoms with Crippen molar-refractivity contribution in [2.75, 3.05) is 19.8 Å². The molecule has 0 aromatic carbocycles. The number of nitrogens with one attached hydrogen (secondary N) is 1. The zero-order valence-corrected chi connectivity index (χ0v) is 8.73. The molecule has 0 aromatic rings. The van der Waals surface area contributed by atoms with Crippen LogP contribution in [-0.4, -0.2) is 25.8 Å². The summed E-state index contributed by atoms with van der Waals surface area (Å²) in [6, 6.07) is 0.562. The van der Waals surface area contributed by atoms with Crippen LogP contribution in [0.4, 0.5) is 0 Å². The van der Waals surface area contributed by atoms with Crippen molar-refractivity contribution in [1.29, 1.82) is 0 Å². The second kappa shape index (κ2) is 9.01. The molecule has 2 heteroatoms. The zero-order chi connectivity index (χ0) is 9.23. The minimum absolute atomic E-state index is 0.562. The molecule has 74 valence electrons. The Kier molecular flexibility index (Phi) is 8.95. The van der Waals surface area contributed by atoms with Crippen LogP contribution in [0.2, 0.25) is 0 Å². The highest BCUT2D eigenvalue weighted by atomic mass is 16.5. The second-order valence-electron chi connectivity index (χ2n) is 3.12. The Balaban J connectivity index is 3.34. The van der Waals surface area contributed by atoms with Crippen LogP contribution in [0.5, 0.6) is 0 Å². The van der Waals surface area contributed by atoms with Gasteiger partial charge in [0, 0.05) is 12.6 Å². The molecule has 0 saturated heterocycles. The molecule has 0 rings (SSSR count). The quantitative estimate of drug-likeness (QED) is 0.568. The third-order valence-corrected chi connectivity index (χ3v) is 1.80. The Morgan fingerprint density at radius 3 is 2.42 bits per heavy atom. The Morgan fingerprint density at radius 1 is 1.17 bits per heavy atom. The van der Waals surface area contributed by atoms with Gasteiger partial charge in [-0.05, 0) is 19.4 Å². The first-order valence-corrected chi connectivity index (χ1v) is 5.16. The van der Waals surface area contributed by atoms with Crippen LogP contribution < -0.4 is 5.32 Å². The first kappa shape index (κ1) is 11.9. The lowest BCUT2D eigenvalue weighted by atomic mass is 10.2. The lowest BCUT2D eigenvalue weighted by molar-refractivity contribution is 0.109. The van der Waals surface area contributed by atoms with Crippen LogP contribution in [-0.2, 0) is 4.74 Å². The molecule has 0 spiro atoms. The van der Waals surface area contributed by atoms with Crippen molar-refractivity contribution >= 4 is 0 Å². The molecule has 1 atom stereocenters. The van der Waals surface area contributed by atoms with Gasteiger partial charge in [-0.1, -0.05) is 27.2 Å². The average Bonchev–Trinajstić information content (AvgIpc) is 2.06. The molecule has 0 fully saturated rings. The maximum Gasteiger partial charge on any atom is 0.0619 e. The highest BCUT2D eigenvalue weighted by Crippen LogP contribution is 1.97. The van der Waals surface area contributed by atoms with Gasteiger partial charge in [0.05, 0.1) is 6.61 Å². The average molecular weight is 173 g/mol. The van der Waals surface area contributed by atoms with Crippen molar-refractivity contribution in [3.05, 3.63) is 0 Å². The summed E-state index contributed by atoms with van der Waals surface area (Å²) in [7, 11) is 0. The third kappa shape index (κ3) is 6.62. The second-order valence-corrected chi connectivity index (χ2v) is 3.12. The van der Waals surface area contributed by atoms with E-state index in [1.54, 1.807) is 0 Å². The summed E-state index contributed by atoms with van der Waals surface area (Å²) in [6.45, 7) is 9.30. The normalized spacial score (nSPS) is 13.2. The van der Waals surface area contributed by atoms with E-state index in [9.17, 15) is 0 Å². The Hall–Kier alpha value is -0.0800. The fourth-order valence-corrected chi connectivity index (χ4v) is 1.25. The van der Waals surface area contributed by atoms with Crippen LogP contribution in [0.1, 0.15) is 40.0 Å². The predicted molar refractivity (Wildman–Crippen MR) is 53.5 cm³/mol. The molecule has 0 bridgehead atoms. The number of hydrogen-bond donors (Lipinski definition) is 1. The van der Waals surface area contributed by atoms with Gasteiger partial charge in [-0.2, -0.15) is 0 Å². The standard InChI is InChI=1S/C10H23NO/c1-4-7-10(11-6-3)9-12-8-5-2/h10-11H,4-9H2,1-3H3. The number of rotatable bonds is 8. The Labute approximate surface area is 76.7 Å². The van der Waals surface area contributed by atoms with E-state index in [1.807, 2.05) is 0 Å². The van der Waals surface area contributed by atoms with E-state index in [0.29, 0.717) is 6.04 Å². The van der Waals surface area contributed by atoms with E-state index in [0.717, 1.165) is 26.2 Å². The van der Waals surface area contributed by atoms with E-state index < -0.39 is 0 Å². The zero-order valence-electron chi connectivity index (χ0n) is 8.73. The molecule has 0 aliphatic carbocycles. The molecule has 0 saturated carbocycles. The van der Waals surface area contributed by atoms with Gasteiger partial charge in [0.15, 0.2) is 0 Å². The maximum absolute atomic E-state index is 5.49. The third-order valence-electron chi connectivity index (χ3n) is 1.80. The molecule has 0 heterocycles. The molecule has 0 aliphatic heterocycles. The number of likely N-dealkylation sites (N-methyl/N-ethyl adjacent to an activating group) is 1. The molecule has 0 aromatic heterocycles. The van der Waals surface area contributed by atoms with E-state index in [1.165, 1.54) is 12.8 Å². The molecule has 2 nitrogen and oxygen atoms in total. The molecule has 0 amide bonds. The summed E-state index contributed by atoms with van der Waals surface area (Å²) >= 11 is 0. The van der Waals surface area contributed by atoms with E-state index in [2.05, 4.69) is 26.1 Å². The van der Waals surface area contributed by atoms with Gasteiger partial charge in [-0.15, -0.1) is 0 Å². The van der Waals surface area contributed by atoms with Gasteiger partial charge in [0.1, 0.15) is 0 Å². The highest BCUT2D eigenvalue weighted by Gasteiger charge is 2.04. The Bertz CT molecular complexity index is 79.9. The van der Waals surface area contributed by atoms with Crippen molar-refractivity contribution in [2.24, 2.45) is 0 Å². The molecule has 12 heavy (non-hydrogen) atoms. The fourth-order valence-electron chi connectivity index (χ4n) is 1.25. The van der Waals surface area contributed by atoms with Gasteiger partial charge < -0.3 is 10.1 Å². The van der Waals surface area contributed by atoms with Crippen LogP contribution in [0.15, 0.2) is 0 Å². The van der Waals surface area contributed by atoms with Gasteiger partial charge in [-0.3, -0.25) is 0 Å². The minimum atomic E-state index is 0.562. The van der Waals surface area contributed by atoms with Gasteiger partial charge in [0.2, 0.25) is 0 Å². The van der Waals surface area contributed by atoms with Crippen molar-refractivity contribution in [3.63, 3.8) is 0 Å².